The van der Waals surface area contributed by atoms with Gasteiger partial charge in [0.05, 0.1) is 17.4 Å². The molecular weight excluding hydrogens is 456 g/mol. The number of furan rings is 1. The zero-order valence-electron chi connectivity index (χ0n) is 19.2. The normalized spacial score (nSPS) is 16.7. The average Bonchev–Trinajstić information content (AvgIpc) is 3.25. The second-order valence-electron chi connectivity index (χ2n) is 8.63. The Morgan fingerprint density at radius 1 is 1.18 bits per heavy atom. The van der Waals surface area contributed by atoms with Crippen molar-refractivity contribution in [1.29, 1.82) is 0 Å². The van der Waals surface area contributed by atoms with Gasteiger partial charge in [0.25, 0.3) is 5.91 Å². The second-order valence-corrected chi connectivity index (χ2v) is 10.8. The standard InChI is InChI=1S/C24H28N4O5S/c1-27(2)34(31,32)21-12-18(24(30)28-9-5-7-17(15-28)23(25)29)10-19(13-21)26-14-20-11-16-6-3-4-8-22(16)33-20/h3-4,6,8,10-13,17,26H,5,7,9,14-15H2,1-2H3,(H2,25,29)/t17-/m0/s1. The number of likely N-dealkylation sites (tertiary alicyclic amines) is 1. The monoisotopic (exact) mass is 484 g/mol. The fraction of sp³-hybridized carbons (Fsp3) is 0.333. The third kappa shape index (κ3) is 4.92. The predicted octanol–water partition coefficient (Wildman–Crippen LogP) is 2.63. The van der Waals surface area contributed by atoms with Crippen LogP contribution < -0.4 is 11.1 Å². The van der Waals surface area contributed by atoms with Gasteiger partial charge in [0.1, 0.15) is 11.3 Å². The highest BCUT2D eigenvalue weighted by Gasteiger charge is 2.29. The number of amides is 2. The van der Waals surface area contributed by atoms with Crippen LogP contribution in [0.25, 0.3) is 11.0 Å². The molecule has 10 heteroatoms. The largest absolute Gasteiger partial charge is 0.459 e. The number of fused-ring (bicyclic) bond motifs is 1. The van der Waals surface area contributed by atoms with Gasteiger partial charge in [-0.05, 0) is 43.2 Å². The molecule has 2 heterocycles. The van der Waals surface area contributed by atoms with E-state index < -0.39 is 21.8 Å². The zero-order chi connectivity index (χ0) is 24.5. The number of anilines is 1. The number of nitrogens with two attached hydrogens (primary N) is 1. The van der Waals surface area contributed by atoms with Gasteiger partial charge in [-0.25, -0.2) is 12.7 Å². The molecule has 3 N–H and O–H groups in total. The van der Waals surface area contributed by atoms with Crippen molar-refractivity contribution in [1.82, 2.24) is 9.21 Å². The van der Waals surface area contributed by atoms with Crippen LogP contribution in [0.1, 0.15) is 29.0 Å². The van der Waals surface area contributed by atoms with Gasteiger partial charge in [-0.2, -0.15) is 0 Å². The number of hydrogen-bond donors (Lipinski definition) is 2. The third-order valence-electron chi connectivity index (χ3n) is 5.99. The molecule has 1 aliphatic heterocycles. The van der Waals surface area contributed by atoms with Crippen LogP contribution in [0.4, 0.5) is 5.69 Å². The van der Waals surface area contributed by atoms with Gasteiger partial charge in [0, 0.05) is 43.8 Å². The van der Waals surface area contributed by atoms with Crippen molar-refractivity contribution in [3.63, 3.8) is 0 Å². The van der Waals surface area contributed by atoms with Crippen molar-refractivity contribution in [3.05, 3.63) is 59.9 Å². The van der Waals surface area contributed by atoms with E-state index in [9.17, 15) is 18.0 Å². The van der Waals surface area contributed by atoms with Crippen molar-refractivity contribution in [2.24, 2.45) is 11.7 Å². The lowest BCUT2D eigenvalue weighted by atomic mass is 9.97. The van der Waals surface area contributed by atoms with Crippen molar-refractivity contribution in [3.8, 4) is 0 Å². The molecular formula is C24H28N4O5S. The minimum absolute atomic E-state index is 0.00100. The van der Waals surface area contributed by atoms with Gasteiger partial charge in [-0.15, -0.1) is 0 Å². The van der Waals surface area contributed by atoms with Crippen LogP contribution in [0, 0.1) is 5.92 Å². The van der Waals surface area contributed by atoms with Crippen molar-refractivity contribution in [2.75, 3.05) is 32.5 Å². The van der Waals surface area contributed by atoms with E-state index in [-0.39, 0.29) is 22.9 Å². The topological polar surface area (TPSA) is 126 Å². The fourth-order valence-electron chi connectivity index (χ4n) is 4.07. The molecule has 0 radical (unpaired) electrons. The summed E-state index contributed by atoms with van der Waals surface area (Å²) in [4.78, 5) is 26.5. The number of primary amides is 1. The van der Waals surface area contributed by atoms with Gasteiger partial charge in [0.15, 0.2) is 0 Å². The number of benzene rings is 2. The molecule has 0 unspecified atom stereocenters. The lowest BCUT2D eigenvalue weighted by molar-refractivity contribution is -0.123. The molecule has 1 fully saturated rings. The minimum atomic E-state index is -3.79. The lowest BCUT2D eigenvalue weighted by Crippen LogP contribution is -2.44. The Labute approximate surface area is 198 Å². The number of sulfonamides is 1. The van der Waals surface area contributed by atoms with E-state index in [1.165, 1.54) is 26.2 Å². The molecule has 0 spiro atoms. The molecule has 1 aliphatic rings. The summed E-state index contributed by atoms with van der Waals surface area (Å²) in [6.07, 6.45) is 1.30. The quantitative estimate of drug-likeness (QED) is 0.531. The lowest BCUT2D eigenvalue weighted by Gasteiger charge is -2.31. The summed E-state index contributed by atoms with van der Waals surface area (Å²) in [6, 6.07) is 14.0. The number of carbonyl (C=O) groups excluding carboxylic acids is 2. The Bertz CT molecular complexity index is 1300. The summed E-state index contributed by atoms with van der Waals surface area (Å²) >= 11 is 0. The smallest absolute Gasteiger partial charge is 0.253 e. The minimum Gasteiger partial charge on any atom is -0.459 e. The van der Waals surface area contributed by atoms with Gasteiger partial charge in [0.2, 0.25) is 15.9 Å². The summed E-state index contributed by atoms with van der Waals surface area (Å²) in [5.74, 6) is -0.504. The van der Waals surface area contributed by atoms with Crippen molar-refractivity contribution in [2.45, 2.75) is 24.3 Å². The van der Waals surface area contributed by atoms with E-state index in [0.717, 1.165) is 15.3 Å². The molecule has 3 aromatic rings. The van der Waals surface area contributed by atoms with E-state index in [2.05, 4.69) is 5.32 Å². The summed E-state index contributed by atoms with van der Waals surface area (Å²) in [7, 11) is -0.913. The number of nitrogens with zero attached hydrogens (tertiary/aromatic N) is 2. The molecule has 180 valence electrons. The predicted molar refractivity (Wildman–Crippen MR) is 129 cm³/mol. The van der Waals surface area contributed by atoms with Gasteiger partial charge in [-0.3, -0.25) is 9.59 Å². The summed E-state index contributed by atoms with van der Waals surface area (Å²) in [5, 5.41) is 4.14. The molecule has 1 atom stereocenters. The average molecular weight is 485 g/mol. The van der Waals surface area contributed by atoms with Crippen LogP contribution in [0.15, 0.2) is 57.8 Å². The SMILES string of the molecule is CN(C)S(=O)(=O)c1cc(NCc2cc3ccccc3o2)cc(C(=O)N2CCC[C@H](C(N)=O)C2)c1. The second kappa shape index (κ2) is 9.47. The first-order chi connectivity index (χ1) is 16.1. The summed E-state index contributed by atoms with van der Waals surface area (Å²) < 4.78 is 32.6. The first-order valence-electron chi connectivity index (χ1n) is 11.0. The molecule has 34 heavy (non-hydrogen) atoms. The van der Waals surface area contributed by atoms with Crippen LogP contribution >= 0.6 is 0 Å². The number of nitrogens with one attached hydrogen (secondary N) is 1. The Morgan fingerprint density at radius 3 is 2.65 bits per heavy atom. The maximum atomic E-state index is 13.3. The van der Waals surface area contributed by atoms with E-state index in [1.807, 2.05) is 30.3 Å². The highest BCUT2D eigenvalue weighted by molar-refractivity contribution is 7.89. The summed E-state index contributed by atoms with van der Waals surface area (Å²) in [5.41, 5.74) is 6.90. The van der Waals surface area contributed by atoms with Crippen molar-refractivity contribution < 1.29 is 22.4 Å². The Hall–Kier alpha value is -3.37. The number of rotatable bonds is 7. The number of carbonyl (C=O) groups is 2. The van der Waals surface area contributed by atoms with E-state index in [1.54, 1.807) is 11.0 Å². The van der Waals surface area contributed by atoms with Gasteiger partial charge < -0.3 is 20.4 Å². The number of hydrogen-bond acceptors (Lipinski definition) is 6. The first kappa shape index (κ1) is 23.8. The molecule has 1 aromatic heterocycles. The highest BCUT2D eigenvalue weighted by atomic mass is 32.2. The van der Waals surface area contributed by atoms with Crippen molar-refractivity contribution >= 4 is 38.5 Å². The molecule has 9 nitrogen and oxygen atoms in total. The summed E-state index contributed by atoms with van der Waals surface area (Å²) in [6.45, 7) is 1.01. The third-order valence-corrected chi connectivity index (χ3v) is 7.78. The maximum Gasteiger partial charge on any atom is 0.253 e. The van der Waals surface area contributed by atoms with E-state index in [4.69, 9.17) is 10.2 Å². The Kier molecular flexibility index (Phi) is 6.63. The zero-order valence-corrected chi connectivity index (χ0v) is 20.0. The van der Waals surface area contributed by atoms with Crippen LogP contribution in [0.3, 0.4) is 0 Å². The molecule has 0 aliphatic carbocycles. The molecule has 0 bridgehead atoms. The molecule has 4 rings (SSSR count). The van der Waals surface area contributed by atoms with Crippen LogP contribution in [0.2, 0.25) is 0 Å². The molecule has 2 amide bonds. The van der Waals surface area contributed by atoms with Crippen LogP contribution in [0.5, 0.6) is 0 Å². The Morgan fingerprint density at radius 2 is 1.94 bits per heavy atom. The molecule has 1 saturated heterocycles. The van der Waals surface area contributed by atoms with Crippen LogP contribution in [-0.4, -0.2) is 56.6 Å². The number of piperidine rings is 1. The highest BCUT2D eigenvalue weighted by Crippen LogP contribution is 2.26. The van der Waals surface area contributed by atoms with Gasteiger partial charge >= 0.3 is 0 Å². The van der Waals surface area contributed by atoms with Gasteiger partial charge in [-0.1, -0.05) is 18.2 Å². The van der Waals surface area contributed by atoms with E-state index in [0.29, 0.717) is 37.4 Å². The Balaban J connectivity index is 1.63. The molecule has 0 saturated carbocycles. The molecule has 2 aromatic carbocycles. The maximum absolute atomic E-state index is 13.3. The van der Waals surface area contributed by atoms with Crippen LogP contribution in [-0.2, 0) is 21.4 Å². The first-order valence-corrected chi connectivity index (χ1v) is 12.5. The fourth-order valence-corrected chi connectivity index (χ4v) is 5.05. The van der Waals surface area contributed by atoms with E-state index >= 15 is 0 Å². The number of para-hydroxylation sites is 1.